The zero-order valence-electron chi connectivity index (χ0n) is 38.1. The van der Waals surface area contributed by atoms with Crippen molar-refractivity contribution in [3.8, 4) is 33.4 Å². The quantitative estimate of drug-likeness (QED) is 0.163. The summed E-state index contributed by atoms with van der Waals surface area (Å²) < 4.78 is 0. The van der Waals surface area contributed by atoms with Crippen LogP contribution >= 0.6 is 0 Å². The first-order valence-electron chi connectivity index (χ1n) is 21.8. The van der Waals surface area contributed by atoms with E-state index in [1.54, 1.807) is 0 Å². The van der Waals surface area contributed by atoms with Crippen molar-refractivity contribution >= 4 is 17.1 Å². The van der Waals surface area contributed by atoms with Gasteiger partial charge in [-0.2, -0.15) is 56.4 Å². The van der Waals surface area contributed by atoms with Crippen LogP contribution in [0.5, 0.6) is 0 Å². The fraction of sp³-hybridized carbons (Fsp3) is 0.211. The topological polar surface area (TPSA) is 19.4 Å². The molecule has 0 N–H and O–H groups in total. The largest absolute Gasteiger partial charge is 0.510 e. The SMILES string of the molecule is CN1C=CN(c2[c-]cc3c(c2)C(C)(C)c2ccccc2-3)[CH-]1.CN1C=CN(c2[c-]cc3c(c2)C(C)(C)c2ccccc2-3)[CH-]1.CN1C=CN(c2[c-]cc3c(c2)C(C)(C)c2ccccc2-3)[CH-]1.[Ir]. The average Bonchev–Trinajstić information content (AvgIpc) is 4.15. The van der Waals surface area contributed by atoms with Crippen LogP contribution in [-0.4, -0.2) is 35.8 Å². The Labute approximate surface area is 394 Å². The Balaban J connectivity index is 0.000000121. The summed E-state index contributed by atoms with van der Waals surface area (Å²) >= 11 is 0. The normalized spacial score (nSPS) is 17.8. The minimum atomic E-state index is 0. The van der Waals surface area contributed by atoms with Gasteiger partial charge >= 0.3 is 0 Å². The van der Waals surface area contributed by atoms with Gasteiger partial charge in [0, 0.05) is 20.1 Å². The molecule has 1 radical (unpaired) electrons. The van der Waals surface area contributed by atoms with Crippen molar-refractivity contribution < 1.29 is 20.1 Å². The zero-order valence-corrected chi connectivity index (χ0v) is 40.5. The maximum Gasteiger partial charge on any atom is 0 e. The van der Waals surface area contributed by atoms with Gasteiger partial charge in [-0.05, 0) is 91.3 Å². The molecule has 64 heavy (non-hydrogen) atoms. The molecular formula is C57H54IrN6-6. The van der Waals surface area contributed by atoms with Gasteiger partial charge in [0.05, 0.1) is 0 Å². The van der Waals surface area contributed by atoms with Gasteiger partial charge in [0.15, 0.2) is 0 Å². The summed E-state index contributed by atoms with van der Waals surface area (Å²) in [6.45, 7) is 20.0. The van der Waals surface area contributed by atoms with E-state index in [0.717, 1.165) is 17.1 Å². The van der Waals surface area contributed by atoms with Gasteiger partial charge in [0.25, 0.3) is 0 Å². The molecule has 6 nitrogen and oxygen atoms in total. The molecule has 0 spiro atoms. The first kappa shape index (κ1) is 43.3. The molecule has 3 aliphatic carbocycles. The third-order valence-electron chi connectivity index (χ3n) is 13.6. The van der Waals surface area contributed by atoms with Crippen LogP contribution in [0, 0.1) is 38.2 Å². The molecule has 327 valence electrons. The minimum Gasteiger partial charge on any atom is -0.510 e. The Morgan fingerprint density at radius 3 is 0.875 bits per heavy atom. The van der Waals surface area contributed by atoms with Gasteiger partial charge in [0.1, 0.15) is 0 Å². The van der Waals surface area contributed by atoms with Crippen LogP contribution in [0.25, 0.3) is 33.4 Å². The Bertz CT molecular complexity index is 2540. The van der Waals surface area contributed by atoms with Crippen molar-refractivity contribution in [1.82, 2.24) is 14.7 Å². The molecular weight excluding hydrogens is 961 g/mol. The molecule has 0 unspecified atom stereocenters. The van der Waals surface area contributed by atoms with E-state index in [-0.39, 0.29) is 36.4 Å². The van der Waals surface area contributed by atoms with Crippen LogP contribution in [0.4, 0.5) is 17.1 Å². The van der Waals surface area contributed by atoms with Gasteiger partial charge in [-0.3, -0.25) is 0 Å². The van der Waals surface area contributed by atoms with Crippen LogP contribution in [0.3, 0.4) is 0 Å². The Morgan fingerprint density at radius 1 is 0.359 bits per heavy atom. The monoisotopic (exact) mass is 1020 g/mol. The third kappa shape index (κ3) is 7.23. The molecule has 0 aromatic heterocycles. The predicted molar refractivity (Wildman–Crippen MR) is 260 cm³/mol. The van der Waals surface area contributed by atoms with Crippen LogP contribution in [0.1, 0.15) is 74.9 Å². The molecule has 0 bridgehead atoms. The zero-order chi connectivity index (χ0) is 43.8. The maximum atomic E-state index is 3.43. The first-order valence-corrected chi connectivity index (χ1v) is 21.8. The first-order chi connectivity index (χ1) is 30.2. The minimum absolute atomic E-state index is 0. The van der Waals surface area contributed by atoms with Crippen molar-refractivity contribution in [3.63, 3.8) is 0 Å². The van der Waals surface area contributed by atoms with E-state index >= 15 is 0 Å². The third-order valence-corrected chi connectivity index (χ3v) is 13.6. The van der Waals surface area contributed by atoms with Crippen molar-refractivity contribution in [1.29, 1.82) is 0 Å². The fourth-order valence-electron chi connectivity index (χ4n) is 10.1. The average molecular weight is 1020 g/mol. The second kappa shape index (κ2) is 16.2. The second-order valence-corrected chi connectivity index (χ2v) is 18.9. The van der Waals surface area contributed by atoms with E-state index in [1.807, 2.05) is 54.4 Å². The maximum absolute atomic E-state index is 3.43. The van der Waals surface area contributed by atoms with E-state index in [1.165, 1.54) is 66.8 Å². The molecule has 3 aliphatic heterocycles. The van der Waals surface area contributed by atoms with Crippen LogP contribution in [-0.2, 0) is 36.4 Å². The van der Waals surface area contributed by atoms with Crippen LogP contribution in [0.2, 0.25) is 0 Å². The van der Waals surface area contributed by atoms with Gasteiger partial charge in [-0.25, -0.2) is 0 Å². The molecule has 0 atom stereocenters. The number of fused-ring (bicyclic) bond motifs is 9. The summed E-state index contributed by atoms with van der Waals surface area (Å²) in [7, 11) is 6.09. The van der Waals surface area contributed by atoms with Crippen LogP contribution in [0.15, 0.2) is 146 Å². The number of rotatable bonds is 3. The van der Waals surface area contributed by atoms with E-state index in [9.17, 15) is 0 Å². The van der Waals surface area contributed by atoms with Gasteiger partial charge in [-0.1, -0.05) is 131 Å². The molecule has 7 heteroatoms. The fourth-order valence-corrected chi connectivity index (χ4v) is 10.1. The second-order valence-electron chi connectivity index (χ2n) is 18.9. The van der Waals surface area contributed by atoms with E-state index in [0.29, 0.717) is 0 Å². The molecule has 6 aromatic carbocycles. The van der Waals surface area contributed by atoms with Crippen LogP contribution < -0.4 is 14.7 Å². The van der Waals surface area contributed by atoms with Crippen molar-refractivity contribution in [2.45, 2.75) is 57.8 Å². The van der Waals surface area contributed by atoms with E-state index in [4.69, 9.17) is 0 Å². The van der Waals surface area contributed by atoms with Gasteiger partial charge in [0.2, 0.25) is 0 Å². The summed E-state index contributed by atoms with van der Waals surface area (Å²) in [6, 6.07) is 49.6. The molecule has 0 saturated carbocycles. The van der Waals surface area contributed by atoms with Crippen molar-refractivity contribution in [3.05, 3.63) is 218 Å². The van der Waals surface area contributed by atoms with Crippen molar-refractivity contribution in [2.75, 3.05) is 35.8 Å². The van der Waals surface area contributed by atoms with Gasteiger partial charge in [-0.15, -0.1) is 68.6 Å². The van der Waals surface area contributed by atoms with Gasteiger partial charge < -0.3 is 29.4 Å². The van der Waals surface area contributed by atoms with Crippen molar-refractivity contribution in [2.24, 2.45) is 0 Å². The summed E-state index contributed by atoms with van der Waals surface area (Å²) in [5.41, 5.74) is 19.8. The number of benzene rings is 6. The Hall–Kier alpha value is -6.01. The molecule has 0 fully saturated rings. The summed E-state index contributed by atoms with van der Waals surface area (Å²) in [6.07, 6.45) is 12.3. The summed E-state index contributed by atoms with van der Waals surface area (Å²) in [5, 5.41) is 0. The molecule has 6 aliphatic rings. The number of anilines is 3. The molecule has 12 rings (SSSR count). The Morgan fingerprint density at radius 2 is 0.625 bits per heavy atom. The molecule has 0 amide bonds. The Kier molecular flexibility index (Phi) is 11.0. The summed E-state index contributed by atoms with van der Waals surface area (Å²) in [5.74, 6) is 0. The predicted octanol–water partition coefficient (Wildman–Crippen LogP) is 12.4. The standard InChI is InChI=1S/3C19H18N2.Ir/c3*1-19(2)17-7-5-4-6-15(17)16-9-8-14(12-18(16)19)21-11-10-20(3)13-21;/h3*4-7,9-13H,1-3H3;/q3*-2;. The number of hydrogen-bond acceptors (Lipinski definition) is 6. The summed E-state index contributed by atoms with van der Waals surface area (Å²) in [4.78, 5) is 12.5. The number of nitrogens with zero attached hydrogens (tertiary/aromatic N) is 6. The number of hydrogen-bond donors (Lipinski definition) is 0. The molecule has 6 aromatic rings. The molecule has 0 saturated heterocycles. The molecule has 3 heterocycles. The van der Waals surface area contributed by atoms with E-state index in [2.05, 4.69) is 222 Å². The smallest absolute Gasteiger partial charge is 0 e. The van der Waals surface area contributed by atoms with E-state index < -0.39 is 0 Å².